The summed E-state index contributed by atoms with van der Waals surface area (Å²) >= 11 is 0. The number of pyridine rings is 1. The largest absolute Gasteiger partial charge is 0.493 e. The molecular weight excluding hydrogens is 614 g/mol. The average molecular weight is 652 g/mol. The van der Waals surface area contributed by atoms with Gasteiger partial charge in [0.15, 0.2) is 16.9 Å². The lowest BCUT2D eigenvalue weighted by molar-refractivity contribution is 0.122. The first-order valence-electron chi connectivity index (χ1n) is 15.5. The van der Waals surface area contributed by atoms with Crippen LogP contribution in [0.15, 0.2) is 90.1 Å². The molecule has 1 fully saturated rings. The summed E-state index contributed by atoms with van der Waals surface area (Å²) in [7, 11) is 1.30. The first-order valence-corrected chi connectivity index (χ1v) is 17.0. The van der Waals surface area contributed by atoms with Crippen LogP contribution in [-0.4, -0.2) is 63.5 Å². The van der Waals surface area contributed by atoms with E-state index in [2.05, 4.69) is 20.2 Å². The predicted octanol–water partition coefficient (Wildman–Crippen LogP) is 6.47. The van der Waals surface area contributed by atoms with E-state index in [1.165, 1.54) is 0 Å². The maximum atomic E-state index is 14.4. The van der Waals surface area contributed by atoms with E-state index in [0.29, 0.717) is 47.0 Å². The number of morpholine rings is 1. The minimum Gasteiger partial charge on any atom is -0.493 e. The zero-order valence-corrected chi connectivity index (χ0v) is 27.6. The molecule has 3 aromatic carbocycles. The number of benzene rings is 3. The van der Waals surface area contributed by atoms with Crippen molar-refractivity contribution in [2.24, 2.45) is 7.05 Å². The van der Waals surface area contributed by atoms with E-state index in [0.717, 1.165) is 46.5 Å². The van der Waals surface area contributed by atoms with E-state index in [1.807, 2.05) is 79.3 Å². The molecule has 242 valence electrons. The van der Waals surface area contributed by atoms with E-state index < -0.39 is 15.2 Å². The third-order valence-electron chi connectivity index (χ3n) is 8.83. The molecule has 47 heavy (non-hydrogen) atoms. The summed E-state index contributed by atoms with van der Waals surface area (Å²) in [6.45, 7) is 4.95. The summed E-state index contributed by atoms with van der Waals surface area (Å²) < 4.78 is 47.6. The number of nitrogens with zero attached hydrogens (tertiary/aromatic N) is 3. The van der Waals surface area contributed by atoms with Gasteiger partial charge in [-0.05, 0) is 61.5 Å². The molecule has 1 aliphatic rings. The molecule has 0 bridgehead atoms. The molecule has 10 nitrogen and oxygen atoms in total. The smallest absolute Gasteiger partial charge is 0.203 e. The van der Waals surface area contributed by atoms with Gasteiger partial charge in [0.05, 0.1) is 37.8 Å². The number of sulfone groups is 1. The molecule has 3 aromatic heterocycles. The molecule has 0 spiro atoms. The Bertz CT molecular complexity index is 2170. The van der Waals surface area contributed by atoms with E-state index >= 15 is 0 Å². The Morgan fingerprint density at radius 1 is 0.915 bits per heavy atom. The van der Waals surface area contributed by atoms with Crippen molar-refractivity contribution in [3.8, 4) is 22.8 Å². The van der Waals surface area contributed by atoms with Crippen molar-refractivity contribution in [1.29, 1.82) is 0 Å². The predicted molar refractivity (Wildman–Crippen MR) is 185 cm³/mol. The molecule has 6 aromatic rings. The summed E-state index contributed by atoms with van der Waals surface area (Å²) in [6.07, 6.45) is 3.68. The van der Waals surface area contributed by atoms with Crippen molar-refractivity contribution in [2.45, 2.75) is 17.2 Å². The maximum absolute atomic E-state index is 14.4. The number of nitrogens with one attached hydrogen (secondary N) is 2. The van der Waals surface area contributed by atoms with Gasteiger partial charge in [0.25, 0.3) is 0 Å². The molecule has 0 saturated carbocycles. The minimum absolute atomic E-state index is 0.237. The fourth-order valence-electron chi connectivity index (χ4n) is 6.27. The molecule has 1 unspecified atom stereocenters. The highest BCUT2D eigenvalue weighted by molar-refractivity contribution is 7.91. The van der Waals surface area contributed by atoms with E-state index in [-0.39, 0.29) is 4.90 Å². The number of methoxy groups -OCH3 is 2. The Labute approximate surface area is 273 Å². The molecule has 4 heterocycles. The van der Waals surface area contributed by atoms with Gasteiger partial charge in [0.2, 0.25) is 9.84 Å². The highest BCUT2D eigenvalue weighted by atomic mass is 32.2. The lowest BCUT2D eigenvalue weighted by Crippen LogP contribution is -2.36. The third-order valence-corrected chi connectivity index (χ3v) is 10.8. The van der Waals surface area contributed by atoms with Gasteiger partial charge < -0.3 is 34.0 Å². The van der Waals surface area contributed by atoms with Crippen LogP contribution >= 0.6 is 0 Å². The second-order valence-electron chi connectivity index (χ2n) is 11.8. The fourth-order valence-corrected chi connectivity index (χ4v) is 7.89. The number of hydrogen-bond acceptors (Lipinski definition) is 8. The Balaban J connectivity index is 1.33. The monoisotopic (exact) mass is 651 g/mol. The topological polar surface area (TPSA) is 111 Å². The highest BCUT2D eigenvalue weighted by Crippen LogP contribution is 2.40. The van der Waals surface area contributed by atoms with Gasteiger partial charge in [-0.15, -0.1) is 0 Å². The Morgan fingerprint density at radius 2 is 1.62 bits per heavy atom. The number of aryl methyl sites for hydroxylation is 2. The number of aromatic nitrogens is 3. The summed E-state index contributed by atoms with van der Waals surface area (Å²) in [5, 5.41) is 3.95. The van der Waals surface area contributed by atoms with Crippen LogP contribution in [0.4, 0.5) is 11.4 Å². The second kappa shape index (κ2) is 12.3. The zero-order valence-electron chi connectivity index (χ0n) is 26.8. The number of hydrogen-bond donors (Lipinski definition) is 2. The quantitative estimate of drug-likeness (QED) is 0.183. The summed E-state index contributed by atoms with van der Waals surface area (Å²) in [5.41, 5.74) is 6.63. The van der Waals surface area contributed by atoms with Crippen molar-refractivity contribution in [3.05, 3.63) is 96.3 Å². The Hall–Kier alpha value is -5.00. The summed E-state index contributed by atoms with van der Waals surface area (Å²) in [5.74, 6) is 1.26. The number of aromatic amines is 1. The number of ether oxygens (including phenoxy) is 3. The Morgan fingerprint density at radius 3 is 2.32 bits per heavy atom. The van der Waals surface area contributed by atoms with Crippen LogP contribution in [0.25, 0.3) is 33.2 Å². The third kappa shape index (κ3) is 5.66. The Kier molecular flexibility index (Phi) is 8.03. The van der Waals surface area contributed by atoms with Crippen LogP contribution in [0.2, 0.25) is 0 Å². The first-order chi connectivity index (χ1) is 22.8. The molecule has 11 heteroatoms. The molecule has 1 saturated heterocycles. The van der Waals surface area contributed by atoms with Gasteiger partial charge in [0, 0.05) is 77.6 Å². The maximum Gasteiger partial charge on any atom is 0.203 e. The number of H-pyrrole nitrogens is 1. The van der Waals surface area contributed by atoms with Crippen molar-refractivity contribution < 1.29 is 22.6 Å². The normalized spacial score (nSPS) is 14.4. The molecular formula is C36H37N5O5S. The average Bonchev–Trinajstić information content (AvgIpc) is 3.68. The fraction of sp³-hybridized carbons (Fsp3) is 0.250. The van der Waals surface area contributed by atoms with Crippen LogP contribution < -0.4 is 19.7 Å². The van der Waals surface area contributed by atoms with Gasteiger partial charge in [-0.1, -0.05) is 17.7 Å². The number of anilines is 2. The second-order valence-corrected chi connectivity index (χ2v) is 13.8. The highest BCUT2D eigenvalue weighted by Gasteiger charge is 2.32. The van der Waals surface area contributed by atoms with Crippen LogP contribution in [0.1, 0.15) is 16.5 Å². The molecule has 1 aliphatic heterocycles. The van der Waals surface area contributed by atoms with Crippen LogP contribution in [0.3, 0.4) is 0 Å². The SMILES string of the molecule is COc1cc2c(-c3cc4c(C(Nc5ccc(N6CCOCC6)cc5)S(=O)(=O)c5ccc(C)cc5)ccnc4[nH]3)cn(C)c2cc1OC. The molecule has 0 aliphatic carbocycles. The van der Waals surface area contributed by atoms with Crippen molar-refractivity contribution in [2.75, 3.05) is 50.7 Å². The lowest BCUT2D eigenvalue weighted by Gasteiger charge is -2.29. The molecule has 0 radical (unpaired) electrons. The van der Waals surface area contributed by atoms with Crippen LogP contribution in [0, 0.1) is 6.92 Å². The minimum atomic E-state index is -3.91. The molecule has 7 rings (SSSR count). The van der Waals surface area contributed by atoms with E-state index in [9.17, 15) is 8.42 Å². The van der Waals surface area contributed by atoms with Crippen molar-refractivity contribution in [1.82, 2.24) is 14.5 Å². The van der Waals surface area contributed by atoms with Gasteiger partial charge >= 0.3 is 0 Å². The van der Waals surface area contributed by atoms with Gasteiger partial charge in [-0.3, -0.25) is 0 Å². The van der Waals surface area contributed by atoms with Gasteiger partial charge in [0.1, 0.15) is 5.65 Å². The first kappa shape index (κ1) is 30.6. The van der Waals surface area contributed by atoms with Gasteiger partial charge in [-0.2, -0.15) is 0 Å². The summed E-state index contributed by atoms with van der Waals surface area (Å²) in [4.78, 5) is 10.6. The number of fused-ring (bicyclic) bond motifs is 2. The van der Waals surface area contributed by atoms with Crippen LogP contribution in [0.5, 0.6) is 11.5 Å². The molecule has 2 N–H and O–H groups in total. The van der Waals surface area contributed by atoms with Crippen LogP contribution in [-0.2, 0) is 21.6 Å². The number of rotatable bonds is 9. The zero-order chi connectivity index (χ0) is 32.7. The van der Waals surface area contributed by atoms with E-state index in [1.54, 1.807) is 38.6 Å². The lowest BCUT2D eigenvalue weighted by atomic mass is 10.1. The van der Waals surface area contributed by atoms with E-state index in [4.69, 9.17) is 14.2 Å². The molecule has 1 atom stereocenters. The molecule has 0 amide bonds. The van der Waals surface area contributed by atoms with Gasteiger partial charge in [-0.25, -0.2) is 13.4 Å². The van der Waals surface area contributed by atoms with Crippen molar-refractivity contribution >= 4 is 43.1 Å². The standard InChI is InChI=1S/C36H37N5O5S/c1-23-5-11-26(12-6-23)47(42,43)36(38-24-7-9-25(10-8-24)41-15-17-46-18-16-41)27-13-14-37-35-29(27)19-31(39-35)30-22-40(2)32-21-34(45-4)33(44-3)20-28(30)32/h5-14,19-22,36,38H,15-18H2,1-4H3,(H,37,39). The van der Waals surface area contributed by atoms with Crippen molar-refractivity contribution in [3.63, 3.8) is 0 Å². The summed E-state index contributed by atoms with van der Waals surface area (Å²) in [6, 6.07) is 22.5.